The van der Waals surface area contributed by atoms with Crippen molar-refractivity contribution in [3.8, 4) is 0 Å². The third-order valence-electron chi connectivity index (χ3n) is 5.64. The molecule has 0 spiro atoms. The number of hydrogen-bond acceptors (Lipinski definition) is 5. The lowest BCUT2D eigenvalue weighted by atomic mass is 9.78. The van der Waals surface area contributed by atoms with Crippen LogP contribution in [0, 0.1) is 17.5 Å². The Kier molecular flexibility index (Phi) is 6.24. The van der Waals surface area contributed by atoms with Crippen molar-refractivity contribution in [1.29, 1.82) is 0 Å². The van der Waals surface area contributed by atoms with Crippen molar-refractivity contribution in [2.24, 2.45) is 5.10 Å². The summed E-state index contributed by atoms with van der Waals surface area (Å²) in [5.41, 5.74) is -0.695. The molecule has 0 bridgehead atoms. The number of nitrogens with one attached hydrogen (secondary N) is 1. The van der Waals surface area contributed by atoms with E-state index in [1.54, 1.807) is 19.1 Å². The number of benzene rings is 2. The lowest BCUT2D eigenvalue weighted by Gasteiger charge is -2.36. The van der Waals surface area contributed by atoms with Gasteiger partial charge in [-0.3, -0.25) is 4.79 Å². The van der Waals surface area contributed by atoms with Crippen molar-refractivity contribution < 1.29 is 27.1 Å². The first-order valence-electron chi connectivity index (χ1n) is 10.3. The molecule has 2 heterocycles. The molecule has 1 aliphatic rings. The van der Waals surface area contributed by atoms with Gasteiger partial charge in [0, 0.05) is 19.7 Å². The predicted molar refractivity (Wildman–Crippen MR) is 117 cm³/mol. The van der Waals surface area contributed by atoms with E-state index in [9.17, 15) is 18.0 Å². The van der Waals surface area contributed by atoms with Crippen molar-refractivity contribution in [2.45, 2.75) is 18.4 Å². The fourth-order valence-electron chi connectivity index (χ4n) is 4.00. The Morgan fingerprint density at radius 1 is 1.15 bits per heavy atom. The van der Waals surface area contributed by atoms with Gasteiger partial charge in [-0.1, -0.05) is 12.1 Å². The first kappa shape index (κ1) is 22.6. The molecule has 2 unspecified atom stereocenters. The van der Waals surface area contributed by atoms with Gasteiger partial charge in [-0.2, -0.15) is 5.10 Å². The number of nitrogens with zero attached hydrogens (tertiary/aromatic N) is 2. The summed E-state index contributed by atoms with van der Waals surface area (Å²) in [5, 5.41) is 8.63. The van der Waals surface area contributed by atoms with E-state index < -0.39 is 34.8 Å². The molecular weight excluding hydrogens is 435 g/mol. The Bertz CT molecular complexity index is 1170. The number of furan rings is 1. The van der Waals surface area contributed by atoms with Gasteiger partial charge in [0.05, 0.1) is 30.2 Å². The molecule has 1 aliphatic heterocycles. The highest BCUT2D eigenvalue weighted by Gasteiger charge is 2.56. The summed E-state index contributed by atoms with van der Waals surface area (Å²) in [7, 11) is 1.50. The fraction of sp³-hybridized carbons (Fsp3) is 0.250. The Balaban J connectivity index is 1.90. The maximum atomic E-state index is 14.9. The van der Waals surface area contributed by atoms with E-state index in [2.05, 4.69) is 10.4 Å². The Morgan fingerprint density at radius 2 is 1.88 bits per heavy atom. The zero-order chi connectivity index (χ0) is 23.6. The van der Waals surface area contributed by atoms with E-state index in [-0.39, 0.29) is 18.8 Å². The second-order valence-corrected chi connectivity index (χ2v) is 7.74. The van der Waals surface area contributed by atoms with Crippen LogP contribution in [-0.2, 0) is 9.53 Å². The monoisotopic (exact) mass is 457 g/mol. The van der Waals surface area contributed by atoms with Crippen molar-refractivity contribution >= 4 is 17.3 Å². The molecule has 6 nitrogen and oxygen atoms in total. The maximum Gasteiger partial charge on any atom is 0.248 e. The van der Waals surface area contributed by atoms with Crippen LogP contribution in [-0.4, -0.2) is 37.4 Å². The Hall–Kier alpha value is -3.59. The van der Waals surface area contributed by atoms with Gasteiger partial charge in [-0.25, -0.2) is 18.2 Å². The zero-order valence-electron chi connectivity index (χ0n) is 18.0. The van der Waals surface area contributed by atoms with E-state index in [4.69, 9.17) is 9.15 Å². The fourth-order valence-corrected chi connectivity index (χ4v) is 4.00. The molecule has 0 saturated carbocycles. The summed E-state index contributed by atoms with van der Waals surface area (Å²) in [6.45, 7) is 2.08. The molecule has 1 amide bonds. The number of hydrazone groups is 1. The molecule has 0 aliphatic carbocycles. The molecule has 172 valence electrons. The molecule has 2 atom stereocenters. The van der Waals surface area contributed by atoms with E-state index in [1.165, 1.54) is 48.7 Å². The van der Waals surface area contributed by atoms with E-state index in [0.29, 0.717) is 17.0 Å². The van der Waals surface area contributed by atoms with E-state index >= 15 is 0 Å². The summed E-state index contributed by atoms with van der Waals surface area (Å²) in [4.78, 5) is 13.6. The first-order valence-corrected chi connectivity index (χ1v) is 10.3. The lowest BCUT2D eigenvalue weighted by molar-refractivity contribution is -0.126. The number of anilines is 1. The predicted octanol–water partition coefficient (Wildman–Crippen LogP) is 4.23. The number of ether oxygens (including phenoxy) is 1. The first-order chi connectivity index (χ1) is 15.9. The summed E-state index contributed by atoms with van der Waals surface area (Å²) in [6.07, 6.45) is 1.46. The van der Waals surface area contributed by atoms with Gasteiger partial charge < -0.3 is 14.5 Å². The van der Waals surface area contributed by atoms with Crippen LogP contribution in [0.1, 0.15) is 24.2 Å². The summed E-state index contributed by atoms with van der Waals surface area (Å²) in [6, 6.07) is 12.0. The molecule has 0 saturated heterocycles. The van der Waals surface area contributed by atoms with Gasteiger partial charge in [0.15, 0.2) is 11.4 Å². The minimum absolute atomic E-state index is 0.0885. The van der Waals surface area contributed by atoms with Crippen LogP contribution in [0.2, 0.25) is 0 Å². The summed E-state index contributed by atoms with van der Waals surface area (Å²) in [5.74, 6) is -2.92. The SMILES string of the molecule is COCCNC(=O)C1(C)C(c2ccco2)C(c2ccc(F)cc2)=NN1c1ccc(F)cc1F. The summed E-state index contributed by atoms with van der Waals surface area (Å²) >= 11 is 0. The highest BCUT2D eigenvalue weighted by Crippen LogP contribution is 2.45. The van der Waals surface area contributed by atoms with Crippen LogP contribution >= 0.6 is 0 Å². The largest absolute Gasteiger partial charge is 0.469 e. The minimum Gasteiger partial charge on any atom is -0.469 e. The normalized spacial score (nSPS) is 20.1. The van der Waals surface area contributed by atoms with Crippen LogP contribution in [0.3, 0.4) is 0 Å². The second-order valence-electron chi connectivity index (χ2n) is 7.74. The molecule has 33 heavy (non-hydrogen) atoms. The lowest BCUT2D eigenvalue weighted by Crippen LogP contribution is -2.57. The third kappa shape index (κ3) is 4.11. The molecule has 9 heteroatoms. The highest BCUT2D eigenvalue weighted by atomic mass is 19.1. The van der Waals surface area contributed by atoms with Crippen LogP contribution in [0.4, 0.5) is 18.9 Å². The van der Waals surface area contributed by atoms with Crippen LogP contribution in [0.5, 0.6) is 0 Å². The van der Waals surface area contributed by atoms with Gasteiger partial charge in [0.2, 0.25) is 5.91 Å². The quantitative estimate of drug-likeness (QED) is 0.540. The van der Waals surface area contributed by atoms with Crippen LogP contribution in [0.15, 0.2) is 70.4 Å². The average molecular weight is 457 g/mol. The van der Waals surface area contributed by atoms with Gasteiger partial charge in [0.1, 0.15) is 17.4 Å². The van der Waals surface area contributed by atoms with Crippen LogP contribution < -0.4 is 10.3 Å². The standard InChI is InChI=1S/C24H22F3N3O3/c1-24(23(31)28-11-13-32-2)21(20-4-3-12-33-20)22(15-5-7-16(25)8-6-15)29-30(24)19-10-9-17(26)14-18(19)27/h3-10,12,14,21H,11,13H2,1-2H3,(H,28,31). The molecule has 1 N–H and O–H groups in total. The number of methoxy groups -OCH3 is 1. The van der Waals surface area contributed by atoms with Gasteiger partial charge in [-0.05, 0) is 48.9 Å². The number of halogens is 3. The van der Waals surface area contributed by atoms with Crippen LogP contribution in [0.25, 0.3) is 0 Å². The number of amides is 1. The number of carbonyl (C=O) groups excluding carboxylic acids is 1. The van der Waals surface area contributed by atoms with Gasteiger partial charge >= 0.3 is 0 Å². The maximum absolute atomic E-state index is 14.9. The average Bonchev–Trinajstić information content (AvgIpc) is 3.41. The van der Waals surface area contributed by atoms with Crippen molar-refractivity contribution in [2.75, 3.05) is 25.3 Å². The topological polar surface area (TPSA) is 67.1 Å². The van der Waals surface area contributed by atoms with Gasteiger partial charge in [-0.15, -0.1) is 0 Å². The number of hydrogen-bond donors (Lipinski definition) is 1. The summed E-state index contributed by atoms with van der Waals surface area (Å²) < 4.78 is 52.8. The van der Waals surface area contributed by atoms with Crippen molar-refractivity contribution in [1.82, 2.24) is 5.32 Å². The second kappa shape index (κ2) is 9.11. The molecule has 3 aromatic rings. The number of carbonyl (C=O) groups is 1. The molecular formula is C24H22F3N3O3. The van der Waals surface area contributed by atoms with E-state index in [0.717, 1.165) is 12.1 Å². The Morgan fingerprint density at radius 3 is 2.52 bits per heavy atom. The molecule has 4 rings (SSSR count). The molecule has 0 fully saturated rings. The minimum atomic E-state index is -1.51. The zero-order valence-corrected chi connectivity index (χ0v) is 18.0. The van der Waals surface area contributed by atoms with Crippen molar-refractivity contribution in [3.63, 3.8) is 0 Å². The van der Waals surface area contributed by atoms with Gasteiger partial charge in [0.25, 0.3) is 0 Å². The molecule has 1 aromatic heterocycles. The smallest absolute Gasteiger partial charge is 0.248 e. The molecule has 2 aromatic carbocycles. The highest BCUT2D eigenvalue weighted by molar-refractivity contribution is 6.13. The molecule has 0 radical (unpaired) electrons. The Labute approximate surface area is 188 Å². The van der Waals surface area contributed by atoms with Crippen molar-refractivity contribution in [3.05, 3.63) is 89.6 Å². The van der Waals surface area contributed by atoms with E-state index in [1.807, 2.05) is 0 Å². The third-order valence-corrected chi connectivity index (χ3v) is 5.64. The number of rotatable bonds is 7.